The van der Waals surface area contributed by atoms with E-state index < -0.39 is 0 Å². The summed E-state index contributed by atoms with van der Waals surface area (Å²) in [5.41, 5.74) is 6.68. The molecule has 1 unspecified atom stereocenters. The first-order chi connectivity index (χ1) is 13.8. The molecule has 1 amide bonds. The zero-order chi connectivity index (χ0) is 20.8. The first-order valence-corrected chi connectivity index (χ1v) is 11.8. The largest absolute Gasteiger partial charge is 0.368 e. The minimum absolute atomic E-state index is 0.248. The molecule has 2 heterocycles. The van der Waals surface area contributed by atoms with Crippen LogP contribution >= 0.6 is 11.3 Å². The number of amides is 1. The van der Waals surface area contributed by atoms with E-state index >= 15 is 0 Å². The lowest BCUT2D eigenvalue weighted by Crippen LogP contribution is -2.49. The van der Waals surface area contributed by atoms with Crippen LogP contribution in [-0.4, -0.2) is 37.0 Å². The molecule has 1 aromatic heterocycles. The lowest BCUT2D eigenvalue weighted by molar-refractivity contribution is 0.0745. The third-order valence-electron chi connectivity index (χ3n) is 7.09. The highest BCUT2D eigenvalue weighted by molar-refractivity contribution is 7.10. The van der Waals surface area contributed by atoms with Crippen molar-refractivity contribution in [3.05, 3.63) is 50.7 Å². The Balaban J connectivity index is 1.44. The number of aryl methyl sites for hydroxylation is 1. The van der Waals surface area contributed by atoms with E-state index in [0.717, 1.165) is 50.5 Å². The van der Waals surface area contributed by atoms with Crippen molar-refractivity contribution in [2.75, 3.05) is 31.1 Å². The van der Waals surface area contributed by atoms with Crippen LogP contribution in [0.4, 0.5) is 5.69 Å². The maximum atomic E-state index is 13.3. The predicted octanol–water partition coefficient (Wildman–Crippen LogP) is 5.48. The van der Waals surface area contributed by atoms with Gasteiger partial charge in [0.1, 0.15) is 0 Å². The maximum absolute atomic E-state index is 13.3. The van der Waals surface area contributed by atoms with Crippen LogP contribution in [0.5, 0.6) is 0 Å². The SMILES string of the molecule is Cc1cccc(N2CCN(C(=O)c3csc4c3CCC(C(C)(C)C)C4)CC2)c1C. The third kappa shape index (κ3) is 3.96. The first kappa shape index (κ1) is 20.5. The number of anilines is 1. The van der Waals surface area contributed by atoms with E-state index in [4.69, 9.17) is 0 Å². The molecular formula is C25H34N2OS. The summed E-state index contributed by atoms with van der Waals surface area (Å²) in [5.74, 6) is 0.968. The summed E-state index contributed by atoms with van der Waals surface area (Å²) in [4.78, 5) is 19.2. The lowest BCUT2D eigenvalue weighted by atomic mass is 9.72. The summed E-state index contributed by atoms with van der Waals surface area (Å²) in [6.07, 6.45) is 3.40. The number of benzene rings is 1. The Labute approximate surface area is 179 Å². The molecule has 1 aliphatic heterocycles. The second-order valence-corrected chi connectivity index (χ2v) is 10.8. The van der Waals surface area contributed by atoms with Gasteiger partial charge in [0.2, 0.25) is 0 Å². The molecule has 0 saturated carbocycles. The summed E-state index contributed by atoms with van der Waals surface area (Å²) in [5, 5.41) is 2.13. The Bertz CT molecular complexity index is 900. The predicted molar refractivity (Wildman–Crippen MR) is 123 cm³/mol. The minimum atomic E-state index is 0.248. The maximum Gasteiger partial charge on any atom is 0.255 e. The number of piperazine rings is 1. The molecule has 4 heteroatoms. The monoisotopic (exact) mass is 410 g/mol. The van der Waals surface area contributed by atoms with Crippen LogP contribution in [-0.2, 0) is 12.8 Å². The third-order valence-corrected chi connectivity index (χ3v) is 8.15. The molecule has 0 N–H and O–H groups in total. The van der Waals surface area contributed by atoms with Crippen LogP contribution in [0.15, 0.2) is 23.6 Å². The van der Waals surface area contributed by atoms with Gasteiger partial charge in [0.25, 0.3) is 5.91 Å². The molecule has 1 fully saturated rings. The van der Waals surface area contributed by atoms with E-state index in [2.05, 4.69) is 68.0 Å². The zero-order valence-electron chi connectivity index (χ0n) is 18.5. The number of nitrogens with zero attached hydrogens (tertiary/aromatic N) is 2. The molecule has 29 heavy (non-hydrogen) atoms. The summed E-state index contributed by atoms with van der Waals surface area (Å²) >= 11 is 1.81. The van der Waals surface area contributed by atoms with Gasteiger partial charge in [-0.05, 0) is 67.2 Å². The van der Waals surface area contributed by atoms with Crippen LogP contribution in [0.1, 0.15) is 59.1 Å². The number of rotatable bonds is 2. The lowest BCUT2D eigenvalue weighted by Gasteiger charge is -2.37. The van der Waals surface area contributed by atoms with Crippen molar-refractivity contribution >= 4 is 22.9 Å². The molecule has 156 valence electrons. The second kappa shape index (κ2) is 7.79. The van der Waals surface area contributed by atoms with Crippen molar-refractivity contribution in [3.8, 4) is 0 Å². The van der Waals surface area contributed by atoms with Gasteiger partial charge in [-0.1, -0.05) is 32.9 Å². The summed E-state index contributed by atoms with van der Waals surface area (Å²) in [7, 11) is 0. The highest BCUT2D eigenvalue weighted by Crippen LogP contribution is 2.41. The van der Waals surface area contributed by atoms with Gasteiger partial charge in [-0.25, -0.2) is 0 Å². The molecule has 1 atom stereocenters. The highest BCUT2D eigenvalue weighted by Gasteiger charge is 2.33. The fraction of sp³-hybridized carbons (Fsp3) is 0.560. The second-order valence-electron chi connectivity index (χ2n) is 9.86. The van der Waals surface area contributed by atoms with Gasteiger partial charge in [-0.3, -0.25) is 4.79 Å². The topological polar surface area (TPSA) is 23.6 Å². The van der Waals surface area contributed by atoms with E-state index in [-0.39, 0.29) is 5.91 Å². The zero-order valence-corrected chi connectivity index (χ0v) is 19.4. The average molecular weight is 411 g/mol. The van der Waals surface area contributed by atoms with E-state index in [1.54, 1.807) is 0 Å². The number of hydrogen-bond donors (Lipinski definition) is 0. The van der Waals surface area contributed by atoms with Gasteiger partial charge < -0.3 is 9.80 Å². The Morgan fingerprint density at radius 3 is 2.52 bits per heavy atom. The minimum Gasteiger partial charge on any atom is -0.368 e. The summed E-state index contributed by atoms with van der Waals surface area (Å²) in [6.45, 7) is 14.8. The number of carbonyl (C=O) groups excluding carboxylic acids is 1. The quantitative estimate of drug-likeness (QED) is 0.655. The van der Waals surface area contributed by atoms with Gasteiger partial charge in [0.15, 0.2) is 0 Å². The Hall–Kier alpha value is -1.81. The standard InChI is InChI=1S/C25H34N2OS/c1-17-7-6-8-22(18(17)2)26-11-13-27(14-12-26)24(28)21-16-29-23-15-19(25(3,4)5)9-10-20(21)23/h6-8,16,19H,9-15H2,1-5H3. The Kier molecular flexibility index (Phi) is 5.50. The molecule has 0 radical (unpaired) electrons. The van der Waals surface area contributed by atoms with E-state index in [0.29, 0.717) is 5.41 Å². The van der Waals surface area contributed by atoms with E-state index in [1.165, 1.54) is 33.7 Å². The van der Waals surface area contributed by atoms with Crippen LogP contribution < -0.4 is 4.90 Å². The van der Waals surface area contributed by atoms with Crippen LogP contribution in [0.25, 0.3) is 0 Å². The summed E-state index contributed by atoms with van der Waals surface area (Å²) in [6, 6.07) is 6.51. The summed E-state index contributed by atoms with van der Waals surface area (Å²) < 4.78 is 0. The van der Waals surface area contributed by atoms with E-state index in [9.17, 15) is 4.79 Å². The Morgan fingerprint density at radius 1 is 1.10 bits per heavy atom. The van der Waals surface area contributed by atoms with Crippen molar-refractivity contribution in [2.24, 2.45) is 11.3 Å². The molecular weight excluding hydrogens is 376 g/mol. The van der Waals surface area contributed by atoms with Crippen molar-refractivity contribution in [3.63, 3.8) is 0 Å². The number of fused-ring (bicyclic) bond motifs is 1. The first-order valence-electron chi connectivity index (χ1n) is 11.0. The number of thiophene rings is 1. The fourth-order valence-corrected chi connectivity index (χ4v) is 5.98. The van der Waals surface area contributed by atoms with Gasteiger partial charge in [0, 0.05) is 42.1 Å². The molecule has 1 aromatic carbocycles. The van der Waals surface area contributed by atoms with Gasteiger partial charge in [-0.15, -0.1) is 11.3 Å². The molecule has 1 saturated heterocycles. The normalized spacial score (nSPS) is 20.0. The smallest absolute Gasteiger partial charge is 0.255 e. The van der Waals surface area contributed by atoms with Gasteiger partial charge in [0.05, 0.1) is 5.56 Å². The molecule has 3 nitrogen and oxygen atoms in total. The van der Waals surface area contributed by atoms with Gasteiger partial charge in [-0.2, -0.15) is 0 Å². The van der Waals surface area contributed by atoms with Crippen molar-refractivity contribution in [1.82, 2.24) is 4.90 Å². The Morgan fingerprint density at radius 2 is 1.83 bits per heavy atom. The molecule has 4 rings (SSSR count). The van der Waals surface area contributed by atoms with Crippen LogP contribution in [0.2, 0.25) is 0 Å². The van der Waals surface area contributed by atoms with E-state index in [1.807, 2.05) is 11.3 Å². The van der Waals surface area contributed by atoms with Crippen LogP contribution in [0, 0.1) is 25.2 Å². The van der Waals surface area contributed by atoms with Crippen molar-refractivity contribution in [2.45, 2.75) is 53.9 Å². The van der Waals surface area contributed by atoms with Crippen LogP contribution in [0.3, 0.4) is 0 Å². The molecule has 0 bridgehead atoms. The average Bonchev–Trinajstić information content (AvgIpc) is 3.12. The van der Waals surface area contributed by atoms with Gasteiger partial charge >= 0.3 is 0 Å². The fourth-order valence-electron chi connectivity index (χ4n) is 4.83. The molecule has 2 aromatic rings. The highest BCUT2D eigenvalue weighted by atomic mass is 32.1. The molecule has 0 spiro atoms. The molecule has 2 aliphatic rings. The molecule has 1 aliphatic carbocycles. The number of carbonyl (C=O) groups is 1. The number of hydrogen-bond acceptors (Lipinski definition) is 3. The van der Waals surface area contributed by atoms with Crippen molar-refractivity contribution < 1.29 is 4.79 Å². The van der Waals surface area contributed by atoms with Crippen molar-refractivity contribution in [1.29, 1.82) is 0 Å².